The minimum absolute atomic E-state index is 1.07. The lowest BCUT2D eigenvalue weighted by Crippen LogP contribution is -2.13. The van der Waals surface area contributed by atoms with E-state index in [0.717, 1.165) is 11.8 Å². The average molecular weight is 280 g/mol. The van der Waals surface area contributed by atoms with Crippen LogP contribution in [0.1, 0.15) is 51.9 Å². The van der Waals surface area contributed by atoms with Gasteiger partial charge in [0.15, 0.2) is 0 Å². The molecule has 0 amide bonds. The fourth-order valence-corrected chi connectivity index (χ4v) is 2.73. The molecule has 0 aromatic heterocycles. The largest absolute Gasteiger partial charge is 0.0864 e. The molecule has 1 fully saturated rings. The quantitative estimate of drug-likeness (QED) is 0.528. The molecule has 1 aliphatic rings. The van der Waals surface area contributed by atoms with Crippen LogP contribution < -0.4 is 0 Å². The first-order valence-electron chi connectivity index (χ1n) is 5.42. The first kappa shape index (κ1) is 10.8. The van der Waals surface area contributed by atoms with E-state index >= 15 is 0 Å². The van der Waals surface area contributed by atoms with Gasteiger partial charge in [0.05, 0.1) is 0 Å². The first-order valence-corrected chi connectivity index (χ1v) is 6.95. The molecule has 1 rings (SSSR count). The van der Waals surface area contributed by atoms with E-state index in [1.807, 2.05) is 0 Å². The summed E-state index contributed by atoms with van der Waals surface area (Å²) in [6.45, 7) is 2.34. The van der Waals surface area contributed by atoms with Crippen LogP contribution in [-0.2, 0) is 0 Å². The van der Waals surface area contributed by atoms with Crippen LogP contribution in [0.25, 0.3) is 0 Å². The van der Waals surface area contributed by atoms with E-state index in [-0.39, 0.29) is 0 Å². The maximum Gasteiger partial charge on any atom is -0.000463 e. The van der Waals surface area contributed by atoms with Crippen molar-refractivity contribution in [3.8, 4) is 0 Å². The first-order chi connectivity index (χ1) is 5.86. The third-order valence-corrected chi connectivity index (χ3v) is 4.05. The third-order valence-electron chi connectivity index (χ3n) is 3.29. The van der Waals surface area contributed by atoms with E-state index in [9.17, 15) is 0 Å². The molecule has 0 radical (unpaired) electrons. The highest BCUT2D eigenvalue weighted by Gasteiger charge is 2.18. The van der Waals surface area contributed by atoms with Gasteiger partial charge in [-0.25, -0.2) is 0 Å². The second-order valence-corrected chi connectivity index (χ2v) is 5.20. The molecule has 0 heterocycles. The summed E-state index contributed by atoms with van der Waals surface area (Å²) in [6, 6.07) is 0. The van der Waals surface area contributed by atoms with E-state index in [4.69, 9.17) is 0 Å². The Morgan fingerprint density at radius 1 is 1.08 bits per heavy atom. The smallest absolute Gasteiger partial charge is 0.000463 e. The molecule has 0 aromatic rings. The van der Waals surface area contributed by atoms with Crippen molar-refractivity contribution in [1.82, 2.24) is 0 Å². The minimum Gasteiger partial charge on any atom is -0.0864 e. The molecule has 0 aliphatic heterocycles. The van der Waals surface area contributed by atoms with E-state index in [0.29, 0.717) is 0 Å². The Bertz CT molecular complexity index is 104. The van der Waals surface area contributed by atoms with E-state index < -0.39 is 0 Å². The van der Waals surface area contributed by atoms with Crippen molar-refractivity contribution in [3.05, 3.63) is 0 Å². The van der Waals surface area contributed by atoms with E-state index in [1.165, 1.54) is 49.4 Å². The Balaban J connectivity index is 2.09. The molecule has 0 atom stereocenters. The average Bonchev–Trinajstić information content (AvgIpc) is 2.15. The van der Waals surface area contributed by atoms with Crippen molar-refractivity contribution in [2.75, 3.05) is 4.43 Å². The highest BCUT2D eigenvalue weighted by atomic mass is 127. The standard InChI is InChI=1S/C11H21I/c1-2-10-5-7-11(8-6-10)4-3-9-12/h10-11H,2-9H2,1H3. The molecule has 0 saturated heterocycles. The topological polar surface area (TPSA) is 0 Å². The van der Waals surface area contributed by atoms with Crippen molar-refractivity contribution in [2.45, 2.75) is 51.9 Å². The molecule has 12 heavy (non-hydrogen) atoms. The fraction of sp³-hybridized carbons (Fsp3) is 1.00. The summed E-state index contributed by atoms with van der Waals surface area (Å²) >= 11 is 2.50. The van der Waals surface area contributed by atoms with Gasteiger partial charge in [0.1, 0.15) is 0 Å². The Hall–Kier alpha value is 0.730. The SMILES string of the molecule is CCC1CCC(CCCI)CC1. The van der Waals surface area contributed by atoms with Gasteiger partial charge >= 0.3 is 0 Å². The summed E-state index contributed by atoms with van der Waals surface area (Å²) in [7, 11) is 0. The minimum atomic E-state index is 1.07. The molecule has 1 saturated carbocycles. The molecule has 0 unspecified atom stereocenters. The van der Waals surface area contributed by atoms with Crippen LogP contribution in [0, 0.1) is 11.8 Å². The number of hydrogen-bond donors (Lipinski definition) is 0. The normalized spacial score (nSPS) is 30.5. The van der Waals surface area contributed by atoms with Crippen LogP contribution in [0.15, 0.2) is 0 Å². The van der Waals surface area contributed by atoms with Crippen molar-refractivity contribution < 1.29 is 0 Å². The van der Waals surface area contributed by atoms with Crippen LogP contribution >= 0.6 is 22.6 Å². The molecule has 0 nitrogen and oxygen atoms in total. The number of alkyl halides is 1. The molecule has 0 spiro atoms. The second-order valence-electron chi connectivity index (χ2n) is 4.13. The van der Waals surface area contributed by atoms with Gasteiger partial charge in [-0.15, -0.1) is 0 Å². The lowest BCUT2D eigenvalue weighted by molar-refractivity contribution is 0.258. The zero-order valence-electron chi connectivity index (χ0n) is 8.19. The van der Waals surface area contributed by atoms with Gasteiger partial charge in [-0.05, 0) is 29.1 Å². The summed E-state index contributed by atoms with van der Waals surface area (Å²) in [5.74, 6) is 2.16. The maximum absolute atomic E-state index is 2.50. The molecule has 1 heteroatoms. The van der Waals surface area contributed by atoms with Crippen molar-refractivity contribution in [3.63, 3.8) is 0 Å². The van der Waals surface area contributed by atoms with Crippen molar-refractivity contribution >= 4 is 22.6 Å². The van der Waals surface area contributed by atoms with Crippen LogP contribution in [0.3, 0.4) is 0 Å². The summed E-state index contributed by atoms with van der Waals surface area (Å²) in [5, 5.41) is 0. The van der Waals surface area contributed by atoms with Gasteiger partial charge < -0.3 is 0 Å². The molecular formula is C11H21I. The van der Waals surface area contributed by atoms with E-state index in [1.54, 1.807) is 0 Å². The second kappa shape index (κ2) is 6.22. The highest BCUT2D eigenvalue weighted by molar-refractivity contribution is 14.1. The van der Waals surface area contributed by atoms with Crippen molar-refractivity contribution in [1.29, 1.82) is 0 Å². The zero-order valence-corrected chi connectivity index (χ0v) is 10.3. The van der Waals surface area contributed by atoms with Crippen LogP contribution in [0.5, 0.6) is 0 Å². The summed E-state index contributed by atoms with van der Waals surface area (Å²) in [5.41, 5.74) is 0. The molecule has 0 bridgehead atoms. The predicted octanol–water partition coefficient (Wildman–Crippen LogP) is 4.42. The lowest BCUT2D eigenvalue weighted by Gasteiger charge is -2.27. The lowest BCUT2D eigenvalue weighted by atomic mass is 9.79. The monoisotopic (exact) mass is 280 g/mol. The maximum atomic E-state index is 2.50. The van der Waals surface area contributed by atoms with Gasteiger partial charge in [-0.1, -0.05) is 61.6 Å². The van der Waals surface area contributed by atoms with Crippen LogP contribution in [-0.4, -0.2) is 4.43 Å². The van der Waals surface area contributed by atoms with Crippen LogP contribution in [0.4, 0.5) is 0 Å². The molecule has 72 valence electrons. The van der Waals surface area contributed by atoms with Gasteiger partial charge in [0.25, 0.3) is 0 Å². The molecule has 1 aliphatic carbocycles. The number of rotatable bonds is 4. The van der Waals surface area contributed by atoms with Gasteiger partial charge in [-0.2, -0.15) is 0 Å². The van der Waals surface area contributed by atoms with E-state index in [2.05, 4.69) is 29.5 Å². The van der Waals surface area contributed by atoms with Crippen LogP contribution in [0.2, 0.25) is 0 Å². The Morgan fingerprint density at radius 3 is 2.17 bits per heavy atom. The summed E-state index contributed by atoms with van der Waals surface area (Å²) in [4.78, 5) is 0. The highest BCUT2D eigenvalue weighted by Crippen LogP contribution is 2.32. The van der Waals surface area contributed by atoms with Gasteiger partial charge in [-0.3, -0.25) is 0 Å². The fourth-order valence-electron chi connectivity index (χ4n) is 2.29. The third kappa shape index (κ3) is 3.63. The number of hydrogen-bond acceptors (Lipinski definition) is 0. The Labute approximate surface area is 90.6 Å². The van der Waals surface area contributed by atoms with Crippen molar-refractivity contribution in [2.24, 2.45) is 11.8 Å². The Kier molecular flexibility index (Phi) is 5.61. The Morgan fingerprint density at radius 2 is 1.67 bits per heavy atom. The molecular weight excluding hydrogens is 259 g/mol. The number of halogens is 1. The summed E-state index contributed by atoms with van der Waals surface area (Å²) in [6.07, 6.45) is 10.4. The van der Waals surface area contributed by atoms with Gasteiger partial charge in [0.2, 0.25) is 0 Å². The predicted molar refractivity (Wildman–Crippen MR) is 63.9 cm³/mol. The van der Waals surface area contributed by atoms with Gasteiger partial charge in [0, 0.05) is 0 Å². The zero-order chi connectivity index (χ0) is 8.81. The summed E-state index contributed by atoms with van der Waals surface area (Å²) < 4.78 is 1.35. The molecule has 0 N–H and O–H groups in total. The molecule has 0 aromatic carbocycles.